The van der Waals surface area contributed by atoms with Crippen molar-refractivity contribution >= 4 is 39.8 Å². The summed E-state index contributed by atoms with van der Waals surface area (Å²) in [5, 5.41) is 4.03. The van der Waals surface area contributed by atoms with E-state index in [1.54, 1.807) is 18.0 Å². The van der Waals surface area contributed by atoms with Gasteiger partial charge in [-0.05, 0) is 47.5 Å². The lowest BCUT2D eigenvalue weighted by Gasteiger charge is -2.05. The van der Waals surface area contributed by atoms with Crippen molar-refractivity contribution in [2.24, 2.45) is 5.10 Å². The quantitative estimate of drug-likeness (QED) is 0.354. The molecule has 0 unspecified atom stereocenters. The van der Waals surface area contributed by atoms with Gasteiger partial charge in [0.25, 0.3) is 0 Å². The van der Waals surface area contributed by atoms with Gasteiger partial charge in [-0.25, -0.2) is 5.43 Å². The van der Waals surface area contributed by atoms with Crippen LogP contribution in [0, 0.1) is 0 Å². The maximum atomic E-state index is 11.9. The number of amides is 1. The highest BCUT2D eigenvalue weighted by Gasteiger charge is 2.02. The van der Waals surface area contributed by atoms with Gasteiger partial charge < -0.3 is 4.74 Å². The first-order valence-electron chi connectivity index (χ1n) is 8.66. The number of nitrogens with one attached hydrogen (secondary N) is 1. The Bertz CT molecular complexity index is 948. The number of hydrogen-bond donors (Lipinski definition) is 1. The molecule has 1 N–H and O–H groups in total. The fraction of sp³-hybridized carbons (Fsp3) is 0.0909. The Morgan fingerprint density at radius 1 is 1.00 bits per heavy atom. The Labute approximate surface area is 177 Å². The van der Waals surface area contributed by atoms with Gasteiger partial charge in [-0.1, -0.05) is 58.4 Å². The molecule has 0 saturated carbocycles. The number of benzene rings is 3. The van der Waals surface area contributed by atoms with Gasteiger partial charge in [-0.2, -0.15) is 5.10 Å². The molecule has 3 aromatic rings. The average Bonchev–Trinajstić information content (AvgIpc) is 2.69. The van der Waals surface area contributed by atoms with Crippen LogP contribution < -0.4 is 10.2 Å². The molecule has 142 valence electrons. The molecule has 0 spiro atoms. The summed E-state index contributed by atoms with van der Waals surface area (Å²) in [7, 11) is 0. The molecule has 6 heteroatoms. The number of ether oxygens (including phenoxy) is 1. The van der Waals surface area contributed by atoms with E-state index in [2.05, 4.69) is 26.5 Å². The minimum atomic E-state index is -0.132. The van der Waals surface area contributed by atoms with Crippen LogP contribution in [0.15, 0.2) is 88.4 Å². The number of carbonyl (C=O) groups is 1. The number of carbonyl (C=O) groups excluding carboxylic acids is 1. The Kier molecular flexibility index (Phi) is 7.70. The third-order valence-electron chi connectivity index (χ3n) is 3.63. The molecule has 0 radical (unpaired) electrons. The topological polar surface area (TPSA) is 50.7 Å². The van der Waals surface area contributed by atoms with E-state index < -0.39 is 0 Å². The van der Waals surface area contributed by atoms with Crippen molar-refractivity contribution in [3.05, 3.63) is 94.5 Å². The monoisotopic (exact) mass is 454 g/mol. The highest BCUT2D eigenvalue weighted by Crippen LogP contribution is 2.21. The van der Waals surface area contributed by atoms with Crippen LogP contribution in [0.25, 0.3) is 0 Å². The fourth-order valence-electron chi connectivity index (χ4n) is 2.38. The van der Waals surface area contributed by atoms with Gasteiger partial charge in [0.1, 0.15) is 11.5 Å². The summed E-state index contributed by atoms with van der Waals surface area (Å²) in [4.78, 5) is 11.9. The number of nitrogens with zero attached hydrogens (tertiary/aromatic N) is 1. The molecule has 0 heterocycles. The molecule has 0 atom stereocenters. The molecule has 28 heavy (non-hydrogen) atoms. The van der Waals surface area contributed by atoms with Gasteiger partial charge in [0.05, 0.1) is 12.0 Å². The Hall–Kier alpha value is -2.57. The molecule has 4 nitrogen and oxygen atoms in total. The normalized spacial score (nSPS) is 10.8. The molecule has 3 aromatic carbocycles. The zero-order chi connectivity index (χ0) is 19.6. The molecule has 0 fully saturated rings. The van der Waals surface area contributed by atoms with E-state index in [1.807, 2.05) is 78.9 Å². The predicted octanol–water partition coefficient (Wildman–Crippen LogP) is 5.62. The summed E-state index contributed by atoms with van der Waals surface area (Å²) in [6, 6.07) is 25.2. The van der Waals surface area contributed by atoms with Crippen LogP contribution in [0.1, 0.15) is 11.1 Å². The smallest absolute Gasteiger partial charge is 0.250 e. The number of rotatable bonds is 8. The van der Waals surface area contributed by atoms with E-state index in [0.29, 0.717) is 11.5 Å². The molecular weight excluding hydrogens is 436 g/mol. The van der Waals surface area contributed by atoms with Gasteiger partial charge in [-0.3, -0.25) is 4.79 Å². The largest absolute Gasteiger partial charge is 0.457 e. The fourth-order valence-corrected chi connectivity index (χ4v) is 3.60. The molecule has 0 aliphatic carbocycles. The molecule has 0 bridgehead atoms. The first-order valence-corrected chi connectivity index (χ1v) is 10.6. The van der Waals surface area contributed by atoms with Crippen molar-refractivity contribution in [2.75, 3.05) is 5.75 Å². The van der Waals surface area contributed by atoms with Crippen LogP contribution in [0.3, 0.4) is 0 Å². The van der Waals surface area contributed by atoms with Crippen LogP contribution in [-0.4, -0.2) is 17.9 Å². The Morgan fingerprint density at radius 3 is 2.61 bits per heavy atom. The second-order valence-corrected chi connectivity index (χ2v) is 7.80. The summed E-state index contributed by atoms with van der Waals surface area (Å²) in [6.07, 6.45) is 1.61. The predicted molar refractivity (Wildman–Crippen MR) is 119 cm³/mol. The van der Waals surface area contributed by atoms with Crippen LogP contribution in [0.5, 0.6) is 11.5 Å². The summed E-state index contributed by atoms with van der Waals surface area (Å²) >= 11 is 4.99. The van der Waals surface area contributed by atoms with Crippen LogP contribution >= 0.6 is 27.7 Å². The number of hydrogen-bond acceptors (Lipinski definition) is 4. The minimum absolute atomic E-state index is 0.132. The van der Waals surface area contributed by atoms with E-state index in [0.717, 1.165) is 21.5 Å². The first-order chi connectivity index (χ1) is 13.7. The van der Waals surface area contributed by atoms with Crippen LogP contribution in [0.2, 0.25) is 0 Å². The van der Waals surface area contributed by atoms with Gasteiger partial charge >= 0.3 is 0 Å². The highest BCUT2D eigenvalue weighted by atomic mass is 79.9. The SMILES string of the molecule is O=C(CSCc1cccc(Br)c1)NN=Cc1cccc(Oc2ccccc2)c1. The number of para-hydroxylation sites is 1. The Morgan fingerprint density at radius 2 is 1.79 bits per heavy atom. The summed E-state index contributed by atoms with van der Waals surface area (Å²) in [5.74, 6) is 2.47. The number of halogens is 1. The average molecular weight is 455 g/mol. The van der Waals surface area contributed by atoms with Crippen LogP contribution in [0.4, 0.5) is 0 Å². The molecule has 0 aliphatic heterocycles. The molecule has 1 amide bonds. The third kappa shape index (κ3) is 6.87. The molecule has 0 aromatic heterocycles. The van der Waals surface area contributed by atoms with E-state index in [4.69, 9.17) is 4.74 Å². The highest BCUT2D eigenvalue weighted by molar-refractivity contribution is 9.10. The van der Waals surface area contributed by atoms with Gasteiger partial charge in [0.2, 0.25) is 5.91 Å². The molecule has 0 saturated heterocycles. The van der Waals surface area contributed by atoms with Crippen molar-refractivity contribution < 1.29 is 9.53 Å². The van der Waals surface area contributed by atoms with Crippen molar-refractivity contribution in [3.63, 3.8) is 0 Å². The lowest BCUT2D eigenvalue weighted by atomic mass is 10.2. The maximum Gasteiger partial charge on any atom is 0.250 e. The van der Waals surface area contributed by atoms with Crippen molar-refractivity contribution in [1.82, 2.24) is 5.43 Å². The molecular formula is C22H19BrN2O2S. The standard InChI is InChI=1S/C22H19BrN2O2S/c23-19-8-4-7-18(12-19)15-28-16-22(26)25-24-14-17-6-5-11-21(13-17)27-20-9-2-1-3-10-20/h1-14H,15-16H2,(H,25,26). The second kappa shape index (κ2) is 10.7. The maximum absolute atomic E-state index is 11.9. The number of thioether (sulfide) groups is 1. The summed E-state index contributed by atoms with van der Waals surface area (Å²) in [5.41, 5.74) is 4.57. The third-order valence-corrected chi connectivity index (χ3v) is 5.13. The zero-order valence-electron chi connectivity index (χ0n) is 15.0. The Balaban J connectivity index is 1.45. The molecule has 0 aliphatic rings. The lowest BCUT2D eigenvalue weighted by Crippen LogP contribution is -2.19. The van der Waals surface area contributed by atoms with Crippen molar-refractivity contribution in [2.45, 2.75) is 5.75 Å². The van der Waals surface area contributed by atoms with E-state index >= 15 is 0 Å². The van der Waals surface area contributed by atoms with Gasteiger partial charge in [0.15, 0.2) is 0 Å². The van der Waals surface area contributed by atoms with Crippen LogP contribution in [-0.2, 0) is 10.5 Å². The zero-order valence-corrected chi connectivity index (χ0v) is 17.4. The lowest BCUT2D eigenvalue weighted by molar-refractivity contribution is -0.118. The van der Waals surface area contributed by atoms with E-state index in [1.165, 1.54) is 5.56 Å². The van der Waals surface area contributed by atoms with Gasteiger partial charge in [-0.15, -0.1) is 11.8 Å². The summed E-state index contributed by atoms with van der Waals surface area (Å²) < 4.78 is 6.83. The van der Waals surface area contributed by atoms with Crippen molar-refractivity contribution in [3.8, 4) is 11.5 Å². The van der Waals surface area contributed by atoms with Crippen molar-refractivity contribution in [1.29, 1.82) is 0 Å². The van der Waals surface area contributed by atoms with E-state index in [9.17, 15) is 4.79 Å². The summed E-state index contributed by atoms with van der Waals surface area (Å²) in [6.45, 7) is 0. The second-order valence-electron chi connectivity index (χ2n) is 5.90. The van der Waals surface area contributed by atoms with Gasteiger partial charge in [0, 0.05) is 10.2 Å². The number of hydrazone groups is 1. The minimum Gasteiger partial charge on any atom is -0.457 e. The first kappa shape index (κ1) is 20.2. The van der Waals surface area contributed by atoms with E-state index in [-0.39, 0.29) is 5.91 Å². The molecule has 3 rings (SSSR count).